The van der Waals surface area contributed by atoms with Crippen molar-refractivity contribution in [2.45, 2.75) is 11.8 Å². The predicted octanol–water partition coefficient (Wildman–Crippen LogP) is -4.24. The average molecular weight is 232 g/mol. The van der Waals surface area contributed by atoms with Gasteiger partial charge in [0.1, 0.15) is 0 Å². The standard InChI is InChI=1S/C7H8O2S.Na.3H2O/c1-6-2-4-7(5-3-6)10(8)9;;;;/h2-5H,1H3,(H,8,9);;3*1H2/q;+1;;;/p-1. The zero-order chi connectivity index (χ0) is 7.56. The molecule has 1 atom stereocenters. The van der Waals surface area contributed by atoms with Crippen molar-refractivity contribution in [1.82, 2.24) is 0 Å². The fourth-order valence-corrected chi connectivity index (χ4v) is 1.01. The number of aryl methyl sites for hydroxylation is 1. The van der Waals surface area contributed by atoms with Crippen LogP contribution in [0.1, 0.15) is 5.56 Å². The van der Waals surface area contributed by atoms with Crippen LogP contribution in [0, 0.1) is 6.92 Å². The Labute approximate surface area is 107 Å². The van der Waals surface area contributed by atoms with E-state index in [0.717, 1.165) is 5.56 Å². The average Bonchev–Trinajstić information content (AvgIpc) is 1.88. The van der Waals surface area contributed by atoms with Crippen LogP contribution in [-0.2, 0) is 11.1 Å². The fraction of sp³-hybridized carbons (Fsp3) is 0.143. The van der Waals surface area contributed by atoms with Gasteiger partial charge in [-0.1, -0.05) is 17.7 Å². The summed E-state index contributed by atoms with van der Waals surface area (Å²) in [5.41, 5.74) is 1.06. The van der Waals surface area contributed by atoms with E-state index >= 15 is 0 Å². The number of rotatable bonds is 1. The van der Waals surface area contributed by atoms with E-state index < -0.39 is 11.1 Å². The molecule has 1 aromatic rings. The van der Waals surface area contributed by atoms with Crippen molar-refractivity contribution >= 4 is 11.1 Å². The van der Waals surface area contributed by atoms with Crippen molar-refractivity contribution in [3.63, 3.8) is 0 Å². The molecule has 0 spiro atoms. The third-order valence-corrected chi connectivity index (χ3v) is 1.87. The van der Waals surface area contributed by atoms with Crippen LogP contribution >= 0.6 is 0 Å². The van der Waals surface area contributed by atoms with Gasteiger partial charge in [0.2, 0.25) is 0 Å². The van der Waals surface area contributed by atoms with E-state index in [1.54, 1.807) is 24.3 Å². The van der Waals surface area contributed by atoms with Crippen LogP contribution in [0.3, 0.4) is 0 Å². The molecule has 0 aliphatic rings. The molecule has 0 aliphatic carbocycles. The minimum absolute atomic E-state index is 0. The molecule has 0 amide bonds. The van der Waals surface area contributed by atoms with E-state index in [1.807, 2.05) is 6.92 Å². The summed E-state index contributed by atoms with van der Waals surface area (Å²) in [5, 5.41) is 0. The van der Waals surface area contributed by atoms with E-state index in [4.69, 9.17) is 0 Å². The normalized spacial score (nSPS) is 9.29. The van der Waals surface area contributed by atoms with Gasteiger partial charge >= 0.3 is 29.6 Å². The number of benzene rings is 1. The van der Waals surface area contributed by atoms with Crippen molar-refractivity contribution in [3.8, 4) is 0 Å². The molecule has 0 bridgehead atoms. The van der Waals surface area contributed by atoms with E-state index in [9.17, 15) is 8.76 Å². The van der Waals surface area contributed by atoms with Gasteiger partial charge in [-0.3, -0.25) is 4.21 Å². The second kappa shape index (κ2) is 11.3. The van der Waals surface area contributed by atoms with Gasteiger partial charge in [0, 0.05) is 4.90 Å². The summed E-state index contributed by atoms with van der Waals surface area (Å²) in [6, 6.07) is 6.70. The Morgan fingerprint density at radius 1 is 1.07 bits per heavy atom. The molecule has 0 fully saturated rings. The summed E-state index contributed by atoms with van der Waals surface area (Å²) in [6.07, 6.45) is 0. The van der Waals surface area contributed by atoms with Gasteiger partial charge in [-0.05, 0) is 30.1 Å². The van der Waals surface area contributed by atoms with Gasteiger partial charge in [0.15, 0.2) is 0 Å². The second-order valence-corrected chi connectivity index (χ2v) is 2.99. The van der Waals surface area contributed by atoms with Crippen LogP contribution in [0.4, 0.5) is 0 Å². The van der Waals surface area contributed by atoms with E-state index in [-0.39, 0.29) is 46.0 Å². The van der Waals surface area contributed by atoms with E-state index in [2.05, 4.69) is 0 Å². The maximum atomic E-state index is 10.3. The van der Waals surface area contributed by atoms with Crippen molar-refractivity contribution in [1.29, 1.82) is 0 Å². The van der Waals surface area contributed by atoms with Gasteiger partial charge in [-0.2, -0.15) is 0 Å². The van der Waals surface area contributed by atoms with Crippen molar-refractivity contribution in [3.05, 3.63) is 29.8 Å². The van der Waals surface area contributed by atoms with Gasteiger partial charge in [0.25, 0.3) is 0 Å². The molecule has 7 heteroatoms. The SMILES string of the molecule is Cc1ccc(S(=O)[O-])cc1.O.O.O.[Na+]. The first-order valence-electron chi connectivity index (χ1n) is 2.86. The van der Waals surface area contributed by atoms with Crippen LogP contribution in [0.2, 0.25) is 0 Å². The Morgan fingerprint density at radius 2 is 1.43 bits per heavy atom. The van der Waals surface area contributed by atoms with Crippen molar-refractivity contribution in [2.75, 3.05) is 0 Å². The monoisotopic (exact) mass is 232 g/mol. The maximum Gasteiger partial charge on any atom is 1.00 e. The molecule has 0 aromatic heterocycles. The number of hydrogen-bond donors (Lipinski definition) is 0. The summed E-state index contributed by atoms with van der Waals surface area (Å²) in [4.78, 5) is 0.339. The Hall–Kier alpha value is 0.210. The Morgan fingerprint density at radius 3 is 1.71 bits per heavy atom. The zero-order valence-electron chi connectivity index (χ0n) is 8.03. The van der Waals surface area contributed by atoms with Crippen LogP contribution in [0.25, 0.3) is 0 Å². The largest absolute Gasteiger partial charge is 1.00 e. The minimum Gasteiger partial charge on any atom is -0.768 e. The molecule has 1 aromatic carbocycles. The van der Waals surface area contributed by atoms with E-state index in [1.165, 1.54) is 0 Å². The first-order chi connectivity index (χ1) is 4.70. The van der Waals surface area contributed by atoms with Crippen molar-refractivity contribution < 1.29 is 54.7 Å². The molecule has 14 heavy (non-hydrogen) atoms. The molecular weight excluding hydrogens is 219 g/mol. The van der Waals surface area contributed by atoms with Crippen LogP contribution in [-0.4, -0.2) is 25.2 Å². The molecule has 0 radical (unpaired) electrons. The molecule has 0 saturated carbocycles. The molecule has 0 aliphatic heterocycles. The Balaban J connectivity index is -0.000000125. The van der Waals surface area contributed by atoms with Gasteiger partial charge in [-0.15, -0.1) is 0 Å². The molecule has 1 unspecified atom stereocenters. The molecule has 1 rings (SSSR count). The zero-order valence-corrected chi connectivity index (χ0v) is 10.9. The maximum absolute atomic E-state index is 10.3. The molecule has 0 saturated heterocycles. The van der Waals surface area contributed by atoms with E-state index in [0.29, 0.717) is 4.90 Å². The van der Waals surface area contributed by atoms with Gasteiger partial charge in [0.05, 0.1) is 0 Å². The second-order valence-electron chi connectivity index (χ2n) is 2.05. The van der Waals surface area contributed by atoms with Crippen LogP contribution in [0.15, 0.2) is 29.2 Å². The summed E-state index contributed by atoms with van der Waals surface area (Å²) >= 11 is -2.09. The molecule has 5 nitrogen and oxygen atoms in total. The first-order valence-corrected chi connectivity index (χ1v) is 3.93. The topological polar surface area (TPSA) is 135 Å². The Kier molecular flexibility index (Phi) is 19.2. The van der Waals surface area contributed by atoms with Gasteiger partial charge < -0.3 is 21.0 Å². The molecule has 78 valence electrons. The molecule has 0 heterocycles. The van der Waals surface area contributed by atoms with Crippen LogP contribution < -0.4 is 29.6 Å². The Bertz CT molecular complexity index is 251. The summed E-state index contributed by atoms with van der Waals surface area (Å²) in [6.45, 7) is 1.91. The fourth-order valence-electron chi connectivity index (χ4n) is 0.649. The summed E-state index contributed by atoms with van der Waals surface area (Å²) < 4.78 is 20.6. The smallest absolute Gasteiger partial charge is 0.768 e. The third-order valence-electron chi connectivity index (χ3n) is 1.21. The van der Waals surface area contributed by atoms with Gasteiger partial charge in [-0.25, -0.2) is 0 Å². The summed E-state index contributed by atoms with van der Waals surface area (Å²) in [7, 11) is 0. The van der Waals surface area contributed by atoms with Crippen LogP contribution in [0.5, 0.6) is 0 Å². The summed E-state index contributed by atoms with van der Waals surface area (Å²) in [5.74, 6) is 0. The minimum atomic E-state index is -2.09. The van der Waals surface area contributed by atoms with Crippen molar-refractivity contribution in [2.24, 2.45) is 0 Å². The molecule has 6 N–H and O–H groups in total. The first kappa shape index (κ1) is 23.8. The predicted molar refractivity (Wildman–Crippen MR) is 49.2 cm³/mol. The number of hydrogen-bond acceptors (Lipinski definition) is 2. The quantitative estimate of drug-likeness (QED) is 0.358. The molecular formula is C7H13NaO5S. The third kappa shape index (κ3) is 7.60.